The Balaban J connectivity index is 1.88. The van der Waals surface area contributed by atoms with Crippen molar-refractivity contribution in [3.63, 3.8) is 0 Å². The second-order valence-corrected chi connectivity index (χ2v) is 5.06. The van der Waals surface area contributed by atoms with Crippen molar-refractivity contribution in [3.8, 4) is 5.75 Å². The maximum absolute atomic E-state index is 12.0. The van der Waals surface area contributed by atoms with Gasteiger partial charge in [-0.3, -0.25) is 9.69 Å². The molecule has 0 spiro atoms. The first-order valence-electron chi connectivity index (χ1n) is 5.67. The van der Waals surface area contributed by atoms with Crippen LogP contribution in [-0.4, -0.2) is 35.4 Å². The molecule has 0 saturated carbocycles. The van der Waals surface area contributed by atoms with Crippen LogP contribution < -0.4 is 4.74 Å². The summed E-state index contributed by atoms with van der Waals surface area (Å²) in [5.41, 5.74) is 1.47. The molecule has 0 radical (unpaired) electrons. The number of carbonyl (C=O) groups excluding carboxylic acids is 1. The highest BCUT2D eigenvalue weighted by Gasteiger charge is 2.33. The molecule has 2 aliphatic rings. The number of amidine groups is 1. The van der Waals surface area contributed by atoms with Gasteiger partial charge in [0.15, 0.2) is 5.17 Å². The highest BCUT2D eigenvalue weighted by Crippen LogP contribution is 2.28. The third-order valence-electron chi connectivity index (χ3n) is 2.88. The Labute approximate surface area is 109 Å². The van der Waals surface area contributed by atoms with E-state index in [0.717, 1.165) is 28.8 Å². The van der Waals surface area contributed by atoms with E-state index in [-0.39, 0.29) is 5.91 Å². The van der Waals surface area contributed by atoms with Crippen molar-refractivity contribution < 1.29 is 9.53 Å². The van der Waals surface area contributed by atoms with Crippen molar-refractivity contribution in [2.75, 3.05) is 19.4 Å². The Bertz CT molecular complexity index is 549. The number of amides is 1. The Morgan fingerprint density at radius 1 is 1.39 bits per heavy atom. The molecule has 0 unspecified atom stereocenters. The highest BCUT2D eigenvalue weighted by atomic mass is 32.2. The van der Waals surface area contributed by atoms with Crippen molar-refractivity contribution in [2.24, 2.45) is 4.99 Å². The van der Waals surface area contributed by atoms with Crippen molar-refractivity contribution >= 4 is 28.9 Å². The largest absolute Gasteiger partial charge is 0.497 e. The molecule has 0 aromatic heterocycles. The van der Waals surface area contributed by atoms with Crippen LogP contribution in [-0.2, 0) is 4.79 Å². The molecule has 1 saturated heterocycles. The van der Waals surface area contributed by atoms with Crippen LogP contribution in [0.5, 0.6) is 5.75 Å². The van der Waals surface area contributed by atoms with Crippen LogP contribution in [0.4, 0.5) is 0 Å². The van der Waals surface area contributed by atoms with Gasteiger partial charge >= 0.3 is 0 Å². The van der Waals surface area contributed by atoms with E-state index in [1.54, 1.807) is 23.8 Å². The molecule has 92 valence electrons. The zero-order valence-corrected chi connectivity index (χ0v) is 10.7. The fourth-order valence-corrected chi connectivity index (χ4v) is 2.87. The van der Waals surface area contributed by atoms with Gasteiger partial charge in [-0.25, -0.2) is 4.99 Å². The third kappa shape index (κ3) is 1.90. The summed E-state index contributed by atoms with van der Waals surface area (Å²) in [6.07, 6.45) is 1.81. The molecule has 0 bridgehead atoms. The van der Waals surface area contributed by atoms with Gasteiger partial charge in [-0.2, -0.15) is 0 Å². The van der Waals surface area contributed by atoms with Gasteiger partial charge < -0.3 is 4.74 Å². The van der Waals surface area contributed by atoms with Gasteiger partial charge in [0.1, 0.15) is 11.4 Å². The van der Waals surface area contributed by atoms with E-state index in [2.05, 4.69) is 4.99 Å². The number of hydrogen-bond donors (Lipinski definition) is 0. The van der Waals surface area contributed by atoms with Crippen molar-refractivity contribution in [3.05, 3.63) is 35.5 Å². The number of ether oxygens (including phenoxy) is 1. The lowest BCUT2D eigenvalue weighted by atomic mass is 10.2. The number of rotatable bonds is 2. The summed E-state index contributed by atoms with van der Waals surface area (Å²) in [7, 11) is 1.63. The molecular weight excluding hydrogens is 248 g/mol. The molecule has 0 atom stereocenters. The Morgan fingerprint density at radius 3 is 2.83 bits per heavy atom. The molecule has 2 heterocycles. The number of methoxy groups -OCH3 is 1. The van der Waals surface area contributed by atoms with Gasteiger partial charge in [-0.1, -0.05) is 23.9 Å². The minimum absolute atomic E-state index is 0.00539. The van der Waals surface area contributed by atoms with E-state index in [4.69, 9.17) is 4.74 Å². The molecule has 3 rings (SSSR count). The second-order valence-electron chi connectivity index (χ2n) is 4.00. The molecule has 0 N–H and O–H groups in total. The first kappa shape index (κ1) is 11.3. The minimum Gasteiger partial charge on any atom is -0.497 e. The topological polar surface area (TPSA) is 41.9 Å². The number of fused-ring (bicyclic) bond motifs is 1. The summed E-state index contributed by atoms with van der Waals surface area (Å²) in [5.74, 6) is 1.75. The Morgan fingerprint density at radius 2 is 2.17 bits per heavy atom. The van der Waals surface area contributed by atoms with E-state index in [1.165, 1.54) is 0 Å². The summed E-state index contributed by atoms with van der Waals surface area (Å²) < 4.78 is 5.09. The summed E-state index contributed by atoms with van der Waals surface area (Å²) in [6.45, 7) is 0.766. The zero-order valence-electron chi connectivity index (χ0n) is 9.92. The summed E-state index contributed by atoms with van der Waals surface area (Å²) in [4.78, 5) is 18.1. The summed E-state index contributed by atoms with van der Waals surface area (Å²) in [5, 5.41) is 0.833. The maximum Gasteiger partial charge on any atom is 0.278 e. The lowest BCUT2D eigenvalue weighted by molar-refractivity contribution is -0.122. The first-order chi connectivity index (χ1) is 8.78. The fraction of sp³-hybridized carbons (Fsp3) is 0.231. The lowest BCUT2D eigenvalue weighted by Gasteiger charge is -2.06. The number of hydrogen-bond acceptors (Lipinski definition) is 4. The molecule has 1 aromatic carbocycles. The van der Waals surface area contributed by atoms with Crippen LogP contribution >= 0.6 is 11.8 Å². The van der Waals surface area contributed by atoms with Crippen LogP contribution in [0, 0.1) is 0 Å². The Kier molecular flexibility index (Phi) is 2.83. The standard InChI is InChI=1S/C13H12N2O2S/c1-17-10-4-2-9(3-5-10)8-11-12(16)15-6-7-18-13(15)14-11/h2-5,8H,6-7H2,1H3. The minimum atomic E-state index is 0.00539. The molecular formula is C13H12N2O2S. The van der Waals surface area contributed by atoms with Crippen molar-refractivity contribution in [2.45, 2.75) is 0 Å². The average molecular weight is 260 g/mol. The fourth-order valence-electron chi connectivity index (χ4n) is 1.92. The van der Waals surface area contributed by atoms with Gasteiger partial charge in [0.05, 0.1) is 7.11 Å². The average Bonchev–Trinajstić information content (AvgIpc) is 2.95. The zero-order chi connectivity index (χ0) is 12.5. The van der Waals surface area contributed by atoms with Crippen LogP contribution in [0.25, 0.3) is 6.08 Å². The quantitative estimate of drug-likeness (QED) is 0.764. The lowest BCUT2D eigenvalue weighted by Crippen LogP contribution is -2.26. The van der Waals surface area contributed by atoms with Crippen LogP contribution in [0.15, 0.2) is 35.0 Å². The number of aliphatic imine (C=N–C) groups is 1. The van der Waals surface area contributed by atoms with Gasteiger partial charge in [0.2, 0.25) is 0 Å². The van der Waals surface area contributed by atoms with Crippen molar-refractivity contribution in [1.82, 2.24) is 4.90 Å². The SMILES string of the molecule is COc1ccc(C=C2N=C3SCCN3C2=O)cc1. The Hall–Kier alpha value is -1.75. The van der Waals surface area contributed by atoms with Gasteiger partial charge in [-0.05, 0) is 23.8 Å². The van der Waals surface area contributed by atoms with Gasteiger partial charge in [0.25, 0.3) is 5.91 Å². The second kappa shape index (κ2) is 4.49. The molecule has 2 aliphatic heterocycles. The molecule has 5 heteroatoms. The molecule has 1 amide bonds. The highest BCUT2D eigenvalue weighted by molar-refractivity contribution is 8.14. The van der Waals surface area contributed by atoms with E-state index in [1.807, 2.05) is 30.3 Å². The first-order valence-corrected chi connectivity index (χ1v) is 6.65. The van der Waals surface area contributed by atoms with Crippen LogP contribution in [0.2, 0.25) is 0 Å². The number of thioether (sulfide) groups is 1. The smallest absolute Gasteiger partial charge is 0.278 e. The predicted molar refractivity (Wildman–Crippen MR) is 72.6 cm³/mol. The van der Waals surface area contributed by atoms with E-state index in [9.17, 15) is 4.79 Å². The molecule has 1 fully saturated rings. The molecule has 18 heavy (non-hydrogen) atoms. The van der Waals surface area contributed by atoms with Gasteiger partial charge in [0, 0.05) is 12.3 Å². The number of nitrogens with zero attached hydrogens (tertiary/aromatic N) is 2. The molecule has 1 aromatic rings. The van der Waals surface area contributed by atoms with E-state index in [0.29, 0.717) is 5.70 Å². The predicted octanol–water partition coefficient (Wildman–Crippen LogP) is 1.98. The summed E-state index contributed by atoms with van der Waals surface area (Å²) in [6, 6.07) is 7.56. The number of benzene rings is 1. The van der Waals surface area contributed by atoms with E-state index < -0.39 is 0 Å². The monoisotopic (exact) mass is 260 g/mol. The maximum atomic E-state index is 12.0. The number of carbonyl (C=O) groups is 1. The van der Waals surface area contributed by atoms with Crippen molar-refractivity contribution in [1.29, 1.82) is 0 Å². The van der Waals surface area contributed by atoms with Gasteiger partial charge in [-0.15, -0.1) is 0 Å². The molecule has 0 aliphatic carbocycles. The third-order valence-corrected chi connectivity index (χ3v) is 3.83. The van der Waals surface area contributed by atoms with Crippen LogP contribution in [0.3, 0.4) is 0 Å². The summed E-state index contributed by atoms with van der Waals surface area (Å²) >= 11 is 1.63. The van der Waals surface area contributed by atoms with E-state index >= 15 is 0 Å². The van der Waals surface area contributed by atoms with Crippen LogP contribution in [0.1, 0.15) is 5.56 Å². The normalized spacial score (nSPS) is 20.3. The molecule has 4 nitrogen and oxygen atoms in total.